The van der Waals surface area contributed by atoms with Crippen molar-refractivity contribution in [1.29, 1.82) is 0 Å². The molecule has 17 heavy (non-hydrogen) atoms. The first-order valence-electron chi connectivity index (χ1n) is 5.35. The van der Waals surface area contributed by atoms with E-state index in [1.54, 1.807) is 13.2 Å². The highest BCUT2D eigenvalue weighted by molar-refractivity contribution is 9.10. The van der Waals surface area contributed by atoms with Crippen LogP contribution in [0.25, 0.3) is 6.08 Å². The summed E-state index contributed by atoms with van der Waals surface area (Å²) >= 11 is 3.37. The van der Waals surface area contributed by atoms with Crippen LogP contribution in [-0.2, 0) is 9.53 Å². The second-order valence-electron chi connectivity index (χ2n) is 3.39. The quantitative estimate of drug-likeness (QED) is 0.617. The van der Waals surface area contributed by atoms with Crippen molar-refractivity contribution in [3.8, 4) is 5.75 Å². The maximum atomic E-state index is 11.3. The number of halogens is 1. The summed E-state index contributed by atoms with van der Waals surface area (Å²) in [5, 5.41) is 0. The van der Waals surface area contributed by atoms with E-state index in [0.29, 0.717) is 12.4 Å². The van der Waals surface area contributed by atoms with Crippen LogP contribution in [0.1, 0.15) is 18.9 Å². The van der Waals surface area contributed by atoms with Gasteiger partial charge in [-0.25, -0.2) is 4.79 Å². The normalized spacial score (nSPS) is 10.5. The van der Waals surface area contributed by atoms with E-state index >= 15 is 0 Å². The Morgan fingerprint density at radius 1 is 1.47 bits per heavy atom. The molecule has 92 valence electrons. The van der Waals surface area contributed by atoms with Gasteiger partial charge in [-0.15, -0.1) is 0 Å². The van der Waals surface area contributed by atoms with E-state index in [1.165, 1.54) is 6.08 Å². The molecule has 0 aromatic heterocycles. The Labute approximate surface area is 110 Å². The minimum absolute atomic E-state index is 0.339. The molecule has 0 aliphatic rings. The zero-order valence-electron chi connectivity index (χ0n) is 9.90. The summed E-state index contributed by atoms with van der Waals surface area (Å²) in [6, 6.07) is 5.59. The van der Waals surface area contributed by atoms with E-state index < -0.39 is 0 Å². The van der Waals surface area contributed by atoms with E-state index in [9.17, 15) is 4.79 Å². The zero-order chi connectivity index (χ0) is 12.7. The Balaban J connectivity index is 2.76. The highest BCUT2D eigenvalue weighted by atomic mass is 79.9. The minimum atomic E-state index is -0.339. The van der Waals surface area contributed by atoms with Crippen LogP contribution in [0.15, 0.2) is 28.7 Å². The van der Waals surface area contributed by atoms with Crippen LogP contribution in [0.2, 0.25) is 0 Å². The lowest BCUT2D eigenvalue weighted by atomic mass is 10.2. The zero-order valence-corrected chi connectivity index (χ0v) is 11.5. The van der Waals surface area contributed by atoms with E-state index in [1.807, 2.05) is 25.1 Å². The maximum absolute atomic E-state index is 11.3. The van der Waals surface area contributed by atoms with Gasteiger partial charge >= 0.3 is 5.97 Å². The van der Waals surface area contributed by atoms with Gasteiger partial charge in [0.15, 0.2) is 0 Å². The average molecular weight is 299 g/mol. The fourth-order valence-corrected chi connectivity index (χ4v) is 1.62. The van der Waals surface area contributed by atoms with E-state index in [4.69, 9.17) is 9.47 Å². The third-order valence-corrected chi connectivity index (χ3v) is 2.53. The van der Waals surface area contributed by atoms with Gasteiger partial charge in [0.1, 0.15) is 5.75 Å². The molecule has 3 nitrogen and oxygen atoms in total. The van der Waals surface area contributed by atoms with Gasteiger partial charge in [-0.2, -0.15) is 0 Å². The Kier molecular flexibility index (Phi) is 5.77. The molecule has 0 aliphatic heterocycles. The standard InChI is InChI=1S/C13H15BrO3/c1-3-8-17-13(15)7-4-10-9-11(14)5-6-12(10)16-2/h4-7,9H,3,8H2,1-2H3/b7-4-. The molecule has 0 unspecified atom stereocenters. The lowest BCUT2D eigenvalue weighted by molar-refractivity contribution is -0.137. The number of rotatable bonds is 5. The van der Waals surface area contributed by atoms with Crippen molar-refractivity contribution >= 4 is 28.0 Å². The lowest BCUT2D eigenvalue weighted by Gasteiger charge is -2.04. The first kappa shape index (κ1) is 13.8. The number of benzene rings is 1. The molecule has 0 bridgehead atoms. The highest BCUT2D eigenvalue weighted by Crippen LogP contribution is 2.24. The predicted octanol–water partition coefficient (Wildman–Crippen LogP) is 3.42. The summed E-state index contributed by atoms with van der Waals surface area (Å²) < 4.78 is 11.1. The largest absolute Gasteiger partial charge is 0.496 e. The summed E-state index contributed by atoms with van der Waals surface area (Å²) in [7, 11) is 1.59. The molecule has 4 heteroatoms. The maximum Gasteiger partial charge on any atom is 0.330 e. The molecule has 1 aromatic carbocycles. The second-order valence-corrected chi connectivity index (χ2v) is 4.30. The smallest absolute Gasteiger partial charge is 0.330 e. The molecular formula is C13H15BrO3. The number of hydrogen-bond donors (Lipinski definition) is 0. The summed E-state index contributed by atoms with van der Waals surface area (Å²) in [4.78, 5) is 11.3. The fraction of sp³-hybridized carbons (Fsp3) is 0.308. The molecule has 0 amide bonds. The Morgan fingerprint density at radius 2 is 2.24 bits per heavy atom. The molecule has 0 N–H and O–H groups in total. The van der Waals surface area contributed by atoms with Crippen LogP contribution in [0.3, 0.4) is 0 Å². The molecule has 0 atom stereocenters. The average Bonchev–Trinajstić information content (AvgIpc) is 2.34. The molecule has 0 fully saturated rings. The SMILES string of the molecule is CCCOC(=O)/C=C\c1cc(Br)ccc1OC. The molecule has 0 spiro atoms. The Bertz CT molecular complexity index is 413. The monoisotopic (exact) mass is 298 g/mol. The van der Waals surface area contributed by atoms with Crippen LogP contribution >= 0.6 is 15.9 Å². The molecular weight excluding hydrogens is 284 g/mol. The molecule has 0 saturated heterocycles. The summed E-state index contributed by atoms with van der Waals surface area (Å²) in [6.07, 6.45) is 3.90. The number of carbonyl (C=O) groups is 1. The first-order valence-corrected chi connectivity index (χ1v) is 6.15. The van der Waals surface area contributed by atoms with Crippen molar-refractivity contribution < 1.29 is 14.3 Å². The number of ether oxygens (including phenoxy) is 2. The van der Waals surface area contributed by atoms with Gasteiger partial charge in [0, 0.05) is 16.1 Å². The topological polar surface area (TPSA) is 35.5 Å². The molecule has 0 aliphatic carbocycles. The molecule has 0 heterocycles. The van der Waals surface area contributed by atoms with Crippen molar-refractivity contribution in [2.75, 3.05) is 13.7 Å². The van der Waals surface area contributed by atoms with Crippen LogP contribution in [0, 0.1) is 0 Å². The van der Waals surface area contributed by atoms with Gasteiger partial charge < -0.3 is 9.47 Å². The lowest BCUT2D eigenvalue weighted by Crippen LogP contribution is -2.00. The number of hydrogen-bond acceptors (Lipinski definition) is 3. The van der Waals surface area contributed by atoms with Gasteiger partial charge in [-0.05, 0) is 30.7 Å². The van der Waals surface area contributed by atoms with Gasteiger partial charge in [0.05, 0.1) is 13.7 Å². The van der Waals surface area contributed by atoms with E-state index in [-0.39, 0.29) is 5.97 Å². The van der Waals surface area contributed by atoms with E-state index in [2.05, 4.69) is 15.9 Å². The van der Waals surface area contributed by atoms with Gasteiger partial charge in [-0.1, -0.05) is 22.9 Å². The molecule has 0 radical (unpaired) electrons. The Hall–Kier alpha value is -1.29. The number of carbonyl (C=O) groups excluding carboxylic acids is 1. The third-order valence-electron chi connectivity index (χ3n) is 2.04. The fourth-order valence-electron chi connectivity index (χ4n) is 1.24. The van der Waals surface area contributed by atoms with Crippen molar-refractivity contribution in [1.82, 2.24) is 0 Å². The second kappa shape index (κ2) is 7.12. The number of esters is 1. The third kappa shape index (κ3) is 4.61. The molecule has 0 saturated carbocycles. The Morgan fingerprint density at radius 3 is 2.88 bits per heavy atom. The summed E-state index contributed by atoms with van der Waals surface area (Å²) in [6.45, 7) is 2.40. The van der Waals surface area contributed by atoms with Crippen molar-refractivity contribution in [3.05, 3.63) is 34.3 Å². The summed E-state index contributed by atoms with van der Waals surface area (Å²) in [5.41, 5.74) is 0.829. The van der Waals surface area contributed by atoms with Crippen molar-refractivity contribution in [3.63, 3.8) is 0 Å². The van der Waals surface area contributed by atoms with Gasteiger partial charge in [0.25, 0.3) is 0 Å². The van der Waals surface area contributed by atoms with Crippen LogP contribution in [-0.4, -0.2) is 19.7 Å². The van der Waals surface area contributed by atoms with Gasteiger partial charge in [-0.3, -0.25) is 0 Å². The summed E-state index contributed by atoms with van der Waals surface area (Å²) in [5.74, 6) is 0.377. The van der Waals surface area contributed by atoms with Crippen LogP contribution in [0.4, 0.5) is 0 Å². The minimum Gasteiger partial charge on any atom is -0.496 e. The number of methoxy groups -OCH3 is 1. The molecule has 1 aromatic rings. The van der Waals surface area contributed by atoms with Crippen LogP contribution in [0.5, 0.6) is 5.75 Å². The van der Waals surface area contributed by atoms with Crippen molar-refractivity contribution in [2.24, 2.45) is 0 Å². The predicted molar refractivity (Wildman–Crippen MR) is 71.0 cm³/mol. The van der Waals surface area contributed by atoms with Gasteiger partial charge in [0.2, 0.25) is 0 Å². The first-order chi connectivity index (χ1) is 8.17. The van der Waals surface area contributed by atoms with Crippen LogP contribution < -0.4 is 4.74 Å². The molecule has 1 rings (SSSR count). The van der Waals surface area contributed by atoms with E-state index in [0.717, 1.165) is 16.5 Å². The van der Waals surface area contributed by atoms with Crippen molar-refractivity contribution in [2.45, 2.75) is 13.3 Å². The highest BCUT2D eigenvalue weighted by Gasteiger charge is 2.01.